The highest BCUT2D eigenvalue weighted by Gasteiger charge is 2.82. The van der Waals surface area contributed by atoms with Crippen molar-refractivity contribution in [3.63, 3.8) is 0 Å². The lowest BCUT2D eigenvalue weighted by molar-refractivity contribution is -0.165. The van der Waals surface area contributed by atoms with Crippen LogP contribution in [0.2, 0.25) is 0 Å². The standard InChI is InChI=1S/C26H32O6/c1-23-9-6-17(27)13-16(23)12-15(4-5-20(28)30-3)22-18-7-10-25(11-8-21(29)32-25)24(18,2)14-19-26(22,23)31-19/h4-5,13,15,18-19,22H,6-12,14H2,1-3H3/b5-4+/t15-,18?,19-,22?,23+,24+,25-,26-/m1/s1. The molecule has 0 aromatic carbocycles. The van der Waals surface area contributed by atoms with Crippen molar-refractivity contribution in [2.24, 2.45) is 28.6 Å². The topological polar surface area (TPSA) is 82.2 Å². The van der Waals surface area contributed by atoms with Crippen LogP contribution in [0.25, 0.3) is 0 Å². The average molecular weight is 441 g/mol. The Hall–Kier alpha value is -1.95. The summed E-state index contributed by atoms with van der Waals surface area (Å²) in [5.74, 6) is 0.408. The van der Waals surface area contributed by atoms with Crippen molar-refractivity contribution in [3.05, 3.63) is 23.8 Å². The third-order valence-electron chi connectivity index (χ3n) is 10.4. The number of epoxide rings is 1. The monoisotopic (exact) mass is 440 g/mol. The molecule has 0 N–H and O–H groups in total. The predicted octanol–water partition coefficient (Wildman–Crippen LogP) is 3.68. The molecular formula is C26H32O6. The van der Waals surface area contributed by atoms with E-state index in [0.717, 1.165) is 38.5 Å². The van der Waals surface area contributed by atoms with E-state index in [9.17, 15) is 14.4 Å². The highest BCUT2D eigenvalue weighted by Crippen LogP contribution is 2.78. The molecule has 0 aromatic rings. The molecule has 32 heavy (non-hydrogen) atoms. The molecule has 2 spiro atoms. The van der Waals surface area contributed by atoms with Crippen LogP contribution >= 0.6 is 0 Å². The molecule has 2 saturated heterocycles. The minimum absolute atomic E-state index is 0.0748. The third-order valence-corrected chi connectivity index (χ3v) is 10.4. The van der Waals surface area contributed by atoms with Crippen LogP contribution in [0, 0.1) is 28.6 Å². The summed E-state index contributed by atoms with van der Waals surface area (Å²) in [5.41, 5.74) is 0.198. The Morgan fingerprint density at radius 2 is 2.00 bits per heavy atom. The first-order valence-electron chi connectivity index (χ1n) is 12.1. The molecule has 0 aromatic heterocycles. The Morgan fingerprint density at radius 1 is 1.19 bits per heavy atom. The molecule has 2 aliphatic heterocycles. The smallest absolute Gasteiger partial charge is 0.330 e. The number of ketones is 1. The molecule has 3 saturated carbocycles. The van der Waals surface area contributed by atoms with Gasteiger partial charge in [-0.3, -0.25) is 9.59 Å². The van der Waals surface area contributed by atoms with Gasteiger partial charge >= 0.3 is 11.9 Å². The fraction of sp³-hybridized carbons (Fsp3) is 0.731. The van der Waals surface area contributed by atoms with Gasteiger partial charge in [-0.1, -0.05) is 25.5 Å². The van der Waals surface area contributed by atoms with Crippen LogP contribution in [0.5, 0.6) is 0 Å². The van der Waals surface area contributed by atoms with Gasteiger partial charge < -0.3 is 14.2 Å². The van der Waals surface area contributed by atoms with Crippen LogP contribution in [0.3, 0.4) is 0 Å². The highest BCUT2D eigenvalue weighted by molar-refractivity contribution is 5.92. The van der Waals surface area contributed by atoms with E-state index in [4.69, 9.17) is 14.2 Å². The number of hydrogen-bond acceptors (Lipinski definition) is 6. The quantitative estimate of drug-likeness (QED) is 0.370. The van der Waals surface area contributed by atoms with Crippen molar-refractivity contribution in [1.29, 1.82) is 0 Å². The largest absolute Gasteiger partial charge is 0.466 e. The van der Waals surface area contributed by atoms with Crippen molar-refractivity contribution in [1.82, 2.24) is 0 Å². The lowest BCUT2D eigenvalue weighted by atomic mass is 9.43. The second-order valence-electron chi connectivity index (χ2n) is 11.4. The van der Waals surface area contributed by atoms with Crippen LogP contribution in [-0.2, 0) is 28.6 Å². The van der Waals surface area contributed by atoms with Crippen LogP contribution in [0.1, 0.15) is 65.2 Å². The van der Waals surface area contributed by atoms with Gasteiger partial charge in [0.2, 0.25) is 0 Å². The zero-order valence-electron chi connectivity index (χ0n) is 19.1. The maximum Gasteiger partial charge on any atom is 0.330 e. The molecular weight excluding hydrogens is 408 g/mol. The second kappa shape index (κ2) is 6.34. The summed E-state index contributed by atoms with van der Waals surface area (Å²) < 4.78 is 17.7. The van der Waals surface area contributed by atoms with Gasteiger partial charge in [-0.2, -0.15) is 0 Å². The molecule has 8 atom stereocenters. The Balaban J connectivity index is 1.46. The minimum Gasteiger partial charge on any atom is -0.466 e. The fourth-order valence-electron chi connectivity index (χ4n) is 8.82. The summed E-state index contributed by atoms with van der Waals surface area (Å²) in [6, 6.07) is 0. The fourth-order valence-corrected chi connectivity index (χ4v) is 8.82. The summed E-state index contributed by atoms with van der Waals surface area (Å²) in [6.45, 7) is 4.61. The number of carbonyl (C=O) groups is 3. The van der Waals surface area contributed by atoms with Gasteiger partial charge in [-0.15, -0.1) is 0 Å². The lowest BCUT2D eigenvalue weighted by Crippen LogP contribution is -2.62. The van der Waals surface area contributed by atoms with Crippen molar-refractivity contribution in [2.75, 3.05) is 7.11 Å². The van der Waals surface area contributed by atoms with E-state index < -0.39 is 0 Å². The first-order valence-corrected chi connectivity index (χ1v) is 12.1. The summed E-state index contributed by atoms with van der Waals surface area (Å²) in [7, 11) is 1.39. The van der Waals surface area contributed by atoms with Gasteiger partial charge in [0, 0.05) is 35.7 Å². The van der Waals surface area contributed by atoms with Gasteiger partial charge in [0.05, 0.1) is 13.2 Å². The second-order valence-corrected chi connectivity index (χ2v) is 11.4. The van der Waals surface area contributed by atoms with Crippen molar-refractivity contribution < 1.29 is 28.6 Å². The maximum absolute atomic E-state index is 12.3. The first-order chi connectivity index (χ1) is 15.2. The molecule has 2 heterocycles. The molecule has 6 heteroatoms. The molecule has 6 rings (SSSR count). The highest BCUT2D eigenvalue weighted by atomic mass is 16.6. The predicted molar refractivity (Wildman–Crippen MR) is 114 cm³/mol. The van der Waals surface area contributed by atoms with Gasteiger partial charge in [0.25, 0.3) is 0 Å². The van der Waals surface area contributed by atoms with Crippen LogP contribution in [0.15, 0.2) is 23.8 Å². The molecule has 4 aliphatic carbocycles. The summed E-state index contributed by atoms with van der Waals surface area (Å²) in [6.07, 6.45) is 11.7. The molecule has 0 bridgehead atoms. The van der Waals surface area contributed by atoms with Gasteiger partial charge in [-0.25, -0.2) is 4.79 Å². The van der Waals surface area contributed by atoms with E-state index in [1.807, 2.05) is 12.2 Å². The van der Waals surface area contributed by atoms with Crippen LogP contribution in [-0.4, -0.2) is 42.1 Å². The Bertz CT molecular complexity index is 981. The maximum atomic E-state index is 12.3. The van der Waals surface area contributed by atoms with Crippen LogP contribution < -0.4 is 0 Å². The summed E-state index contributed by atoms with van der Waals surface area (Å²) >= 11 is 0. The molecule has 172 valence electrons. The van der Waals surface area contributed by atoms with Crippen molar-refractivity contribution in [2.45, 2.75) is 82.5 Å². The molecule has 6 nitrogen and oxygen atoms in total. The number of esters is 2. The summed E-state index contributed by atoms with van der Waals surface area (Å²) in [5, 5.41) is 0. The molecule has 5 fully saturated rings. The Labute approximate surface area is 188 Å². The Kier molecular flexibility index (Phi) is 4.09. The van der Waals surface area contributed by atoms with Crippen LogP contribution in [0.4, 0.5) is 0 Å². The van der Waals surface area contributed by atoms with Crippen molar-refractivity contribution >= 4 is 17.7 Å². The van der Waals surface area contributed by atoms with E-state index in [1.165, 1.54) is 18.8 Å². The van der Waals surface area contributed by atoms with E-state index in [1.54, 1.807) is 0 Å². The lowest BCUT2D eigenvalue weighted by Gasteiger charge is -2.58. The summed E-state index contributed by atoms with van der Waals surface area (Å²) in [4.78, 5) is 36.5. The minimum atomic E-state index is -0.386. The third kappa shape index (κ3) is 2.32. The Morgan fingerprint density at radius 3 is 2.72 bits per heavy atom. The number of rotatable bonds is 2. The number of methoxy groups -OCH3 is 1. The SMILES string of the molecule is COC(=O)/C=C/[C@@H]1CC2=CC(=O)CC[C@]2(C)[C@@]23O[C@@H]2C[C@@]2(C)C(CC[C@@]24CCC(=O)O4)C13. The van der Waals surface area contributed by atoms with E-state index in [0.29, 0.717) is 18.8 Å². The zero-order chi connectivity index (χ0) is 22.5. The number of carbonyl (C=O) groups excluding carboxylic acids is 3. The van der Waals surface area contributed by atoms with Gasteiger partial charge in [0.15, 0.2) is 5.78 Å². The van der Waals surface area contributed by atoms with E-state index in [-0.39, 0.29) is 57.7 Å². The number of fused-ring (bicyclic) bond motifs is 4. The molecule has 6 aliphatic rings. The van der Waals surface area contributed by atoms with Gasteiger partial charge in [-0.05, 0) is 56.4 Å². The zero-order valence-corrected chi connectivity index (χ0v) is 19.1. The molecule has 2 unspecified atom stereocenters. The number of allylic oxidation sites excluding steroid dienone is 1. The van der Waals surface area contributed by atoms with Gasteiger partial charge in [0.1, 0.15) is 11.2 Å². The molecule has 0 amide bonds. The van der Waals surface area contributed by atoms with Crippen molar-refractivity contribution in [3.8, 4) is 0 Å². The van der Waals surface area contributed by atoms with E-state index in [2.05, 4.69) is 13.8 Å². The first kappa shape index (κ1) is 20.6. The number of ether oxygens (including phenoxy) is 3. The molecule has 0 radical (unpaired) electrons. The normalized spacial score (nSPS) is 50.9. The number of hydrogen-bond donors (Lipinski definition) is 0. The average Bonchev–Trinajstić information content (AvgIpc) is 3.24. The van der Waals surface area contributed by atoms with E-state index >= 15 is 0 Å².